The third-order valence-electron chi connectivity index (χ3n) is 4.54. The molecule has 0 aliphatic carbocycles. The zero-order valence-corrected chi connectivity index (χ0v) is 17.6. The highest BCUT2D eigenvalue weighted by molar-refractivity contribution is 9.10. The zero-order valence-electron chi connectivity index (χ0n) is 15.2. The SMILES string of the molecule is CC(Oc1ccc(Cl)cc1-n1nc2ccccc2n1)(C(=O)O)c1ccc(Br)cc1. The third-order valence-corrected chi connectivity index (χ3v) is 5.30. The van der Waals surface area contributed by atoms with Gasteiger partial charge in [-0.2, -0.15) is 0 Å². The largest absolute Gasteiger partial charge is 0.478 e. The van der Waals surface area contributed by atoms with E-state index in [4.69, 9.17) is 16.3 Å². The topological polar surface area (TPSA) is 77.2 Å². The van der Waals surface area contributed by atoms with Crippen molar-refractivity contribution >= 4 is 44.5 Å². The molecule has 1 N–H and O–H groups in total. The minimum Gasteiger partial charge on any atom is -0.478 e. The van der Waals surface area contributed by atoms with E-state index in [-0.39, 0.29) is 0 Å². The van der Waals surface area contributed by atoms with Gasteiger partial charge in [0.15, 0.2) is 0 Å². The summed E-state index contributed by atoms with van der Waals surface area (Å²) in [6.45, 7) is 1.50. The van der Waals surface area contributed by atoms with Gasteiger partial charge >= 0.3 is 5.97 Å². The quantitative estimate of drug-likeness (QED) is 0.431. The van der Waals surface area contributed by atoms with Gasteiger partial charge in [0.25, 0.3) is 0 Å². The molecule has 4 rings (SSSR count). The van der Waals surface area contributed by atoms with E-state index in [0.717, 1.165) is 4.47 Å². The molecule has 1 atom stereocenters. The first-order valence-electron chi connectivity index (χ1n) is 8.67. The van der Waals surface area contributed by atoms with Crippen LogP contribution in [0.25, 0.3) is 16.7 Å². The van der Waals surface area contributed by atoms with Crippen LogP contribution < -0.4 is 4.74 Å². The van der Waals surface area contributed by atoms with Gasteiger partial charge in [-0.3, -0.25) is 0 Å². The van der Waals surface area contributed by atoms with Crippen molar-refractivity contribution < 1.29 is 14.6 Å². The van der Waals surface area contributed by atoms with Crippen LogP contribution in [0, 0.1) is 0 Å². The molecule has 0 amide bonds. The summed E-state index contributed by atoms with van der Waals surface area (Å²) in [6, 6.07) is 19.2. The van der Waals surface area contributed by atoms with Gasteiger partial charge in [-0.05, 0) is 49.4 Å². The van der Waals surface area contributed by atoms with Crippen molar-refractivity contribution in [3.8, 4) is 11.4 Å². The molecule has 1 aromatic heterocycles. The van der Waals surface area contributed by atoms with Crippen LogP contribution in [-0.4, -0.2) is 26.1 Å². The van der Waals surface area contributed by atoms with Gasteiger partial charge in [0.2, 0.25) is 5.60 Å². The van der Waals surface area contributed by atoms with E-state index in [1.807, 2.05) is 24.3 Å². The molecule has 0 fully saturated rings. The van der Waals surface area contributed by atoms with Crippen LogP contribution in [0.5, 0.6) is 5.75 Å². The van der Waals surface area contributed by atoms with Gasteiger partial charge < -0.3 is 9.84 Å². The molecule has 3 aromatic carbocycles. The molecule has 4 aromatic rings. The van der Waals surface area contributed by atoms with Crippen LogP contribution in [0.1, 0.15) is 12.5 Å². The van der Waals surface area contributed by atoms with Crippen molar-refractivity contribution in [2.45, 2.75) is 12.5 Å². The summed E-state index contributed by atoms with van der Waals surface area (Å²) in [6.07, 6.45) is 0. The highest BCUT2D eigenvalue weighted by Crippen LogP contribution is 2.34. The number of aromatic nitrogens is 3. The zero-order chi connectivity index (χ0) is 20.6. The minimum atomic E-state index is -1.63. The average molecular weight is 473 g/mol. The highest BCUT2D eigenvalue weighted by Gasteiger charge is 2.38. The van der Waals surface area contributed by atoms with Crippen LogP contribution in [0.2, 0.25) is 5.02 Å². The molecule has 29 heavy (non-hydrogen) atoms. The third kappa shape index (κ3) is 3.71. The number of carboxylic acid groups (broad SMARTS) is 1. The molecule has 6 nitrogen and oxygen atoms in total. The predicted molar refractivity (Wildman–Crippen MR) is 114 cm³/mol. The Balaban J connectivity index is 1.82. The maximum absolute atomic E-state index is 12.2. The van der Waals surface area contributed by atoms with Gasteiger partial charge in [-0.1, -0.05) is 51.8 Å². The average Bonchev–Trinajstić information content (AvgIpc) is 3.13. The Morgan fingerprint density at radius 1 is 1.07 bits per heavy atom. The Hall–Kier alpha value is -2.90. The van der Waals surface area contributed by atoms with Gasteiger partial charge in [0.1, 0.15) is 22.5 Å². The molecule has 8 heteroatoms. The number of hydrogen-bond donors (Lipinski definition) is 1. The van der Waals surface area contributed by atoms with Gasteiger partial charge in [0, 0.05) is 15.1 Å². The number of ether oxygens (including phenoxy) is 1. The molecule has 1 heterocycles. The molecule has 0 spiro atoms. The fourth-order valence-electron chi connectivity index (χ4n) is 2.91. The number of aliphatic carboxylic acids is 1. The first kappa shape index (κ1) is 19.4. The molecule has 0 radical (unpaired) electrons. The molecule has 0 aliphatic heterocycles. The van der Waals surface area contributed by atoms with Gasteiger partial charge in [0.05, 0.1) is 0 Å². The van der Waals surface area contributed by atoms with E-state index in [1.165, 1.54) is 11.7 Å². The summed E-state index contributed by atoms with van der Waals surface area (Å²) < 4.78 is 6.89. The van der Waals surface area contributed by atoms with E-state index < -0.39 is 11.6 Å². The number of hydrogen-bond acceptors (Lipinski definition) is 4. The number of halogens is 2. The van der Waals surface area contributed by atoms with Crippen molar-refractivity contribution in [2.75, 3.05) is 0 Å². The maximum atomic E-state index is 12.2. The molecule has 1 unspecified atom stereocenters. The number of carboxylic acids is 1. The summed E-state index contributed by atoms with van der Waals surface area (Å²) >= 11 is 9.55. The Bertz CT molecular complexity index is 1180. The Morgan fingerprint density at radius 3 is 2.28 bits per heavy atom. The monoisotopic (exact) mass is 471 g/mol. The van der Waals surface area contributed by atoms with Crippen LogP contribution in [0.4, 0.5) is 0 Å². The van der Waals surface area contributed by atoms with Crippen molar-refractivity contribution in [3.05, 3.63) is 81.8 Å². The van der Waals surface area contributed by atoms with E-state index in [0.29, 0.717) is 33.1 Å². The second-order valence-corrected chi connectivity index (χ2v) is 7.89. The number of carbonyl (C=O) groups is 1. The lowest BCUT2D eigenvalue weighted by Crippen LogP contribution is -2.38. The van der Waals surface area contributed by atoms with Crippen molar-refractivity contribution in [3.63, 3.8) is 0 Å². The fraction of sp³-hybridized carbons (Fsp3) is 0.0952. The van der Waals surface area contributed by atoms with Crippen molar-refractivity contribution in [2.24, 2.45) is 0 Å². The lowest BCUT2D eigenvalue weighted by molar-refractivity contribution is -0.154. The molecular weight excluding hydrogens is 458 g/mol. The van der Waals surface area contributed by atoms with Crippen molar-refractivity contribution in [1.82, 2.24) is 15.0 Å². The minimum absolute atomic E-state index is 0.294. The van der Waals surface area contributed by atoms with Gasteiger partial charge in [-0.15, -0.1) is 15.0 Å². The summed E-state index contributed by atoms with van der Waals surface area (Å²) in [5.41, 5.74) is 0.709. The first-order chi connectivity index (χ1) is 13.9. The van der Waals surface area contributed by atoms with E-state index in [9.17, 15) is 9.90 Å². The molecule has 0 aliphatic rings. The van der Waals surface area contributed by atoms with Crippen LogP contribution in [0.3, 0.4) is 0 Å². The normalized spacial score (nSPS) is 13.2. The number of fused-ring (bicyclic) bond motifs is 1. The second kappa shape index (κ2) is 7.50. The number of nitrogens with zero attached hydrogens (tertiary/aromatic N) is 3. The lowest BCUT2D eigenvalue weighted by Gasteiger charge is -2.28. The number of rotatable bonds is 5. The fourth-order valence-corrected chi connectivity index (χ4v) is 3.35. The summed E-state index contributed by atoms with van der Waals surface area (Å²) in [7, 11) is 0. The summed E-state index contributed by atoms with van der Waals surface area (Å²) in [5.74, 6) is -0.832. The molecule has 146 valence electrons. The van der Waals surface area contributed by atoms with Gasteiger partial charge in [-0.25, -0.2) is 4.79 Å². The smallest absolute Gasteiger partial charge is 0.352 e. The van der Waals surface area contributed by atoms with Crippen molar-refractivity contribution in [1.29, 1.82) is 0 Å². The number of benzene rings is 3. The Kier molecular flexibility index (Phi) is 5.02. The van der Waals surface area contributed by atoms with Crippen LogP contribution in [-0.2, 0) is 10.4 Å². The van der Waals surface area contributed by atoms with E-state index >= 15 is 0 Å². The second-order valence-electron chi connectivity index (χ2n) is 6.54. The highest BCUT2D eigenvalue weighted by atomic mass is 79.9. The Morgan fingerprint density at radius 2 is 1.69 bits per heavy atom. The first-order valence-corrected chi connectivity index (χ1v) is 9.84. The van der Waals surface area contributed by atoms with Crippen LogP contribution in [0.15, 0.2) is 71.2 Å². The lowest BCUT2D eigenvalue weighted by atomic mass is 9.96. The molecule has 0 bridgehead atoms. The molecule has 0 saturated carbocycles. The van der Waals surface area contributed by atoms with Crippen LogP contribution >= 0.6 is 27.5 Å². The Labute approximate surface area is 179 Å². The molecular formula is C21H15BrClN3O3. The predicted octanol–water partition coefficient (Wildman–Crippen LogP) is 5.22. The maximum Gasteiger partial charge on any atom is 0.352 e. The molecule has 0 saturated heterocycles. The standard InChI is InChI=1S/C21H15BrClN3O3/c1-21(20(27)28,13-6-8-14(22)9-7-13)29-19-11-10-15(23)12-18(19)26-24-16-4-2-3-5-17(16)25-26/h2-12H,1H3,(H,27,28). The van der Waals surface area contributed by atoms with E-state index in [2.05, 4.69) is 26.1 Å². The van der Waals surface area contributed by atoms with E-state index in [1.54, 1.807) is 42.5 Å². The summed E-state index contributed by atoms with van der Waals surface area (Å²) in [5, 5.41) is 19.3. The summed E-state index contributed by atoms with van der Waals surface area (Å²) in [4.78, 5) is 13.6.